The van der Waals surface area contributed by atoms with Crippen molar-refractivity contribution in [3.8, 4) is 0 Å². The Morgan fingerprint density at radius 3 is 0.371 bits per heavy atom. The highest BCUT2D eigenvalue weighted by Crippen LogP contribution is 2.37. The largest absolute Gasteiger partial charge is 0.393 e. The maximum atomic E-state index is 12.2. The summed E-state index contributed by atoms with van der Waals surface area (Å²) in [4.78, 5) is 0. The van der Waals surface area contributed by atoms with E-state index in [1.807, 2.05) is 69.2 Å². The van der Waals surface area contributed by atoms with Crippen LogP contribution in [0.2, 0.25) is 0 Å². The molecule has 0 radical (unpaired) electrons. The minimum absolute atomic E-state index is 0. The lowest BCUT2D eigenvalue weighted by Crippen LogP contribution is -2.42. The van der Waals surface area contributed by atoms with Gasteiger partial charge in [0.25, 0.3) is 35.5 Å². The Balaban J connectivity index is -0.0000000513. The standard InChI is InChI=1S/3C7H14O.3C6H13F2N.3C6H12F2O.C6H14O.3C5H12O.C5H12.8CH4/c3*1-5(2)7(8)6-3-4-6;6*1-4(2)5(9)6(3,7)8;1-5(2)6(3,4)7;3*1-4(2)5(3)6;1-4-5(2)3;;;;;;;;/h3*5-8H,3-4H2,1-2H3;3*4-5H,9H2,1-3H3;3*4-5,9H,1-3H3;5,7H,1-4H3;3*4-6H,1-3H3;5H,4H2,1-3H3;8*1H4/t2*7-;;2*5-;;2*5-;;;2*5-;;;;;;;;;;/m10.10.10..10........../s1. The molecule has 0 aromatic carbocycles. The van der Waals surface area contributed by atoms with Gasteiger partial charge in [-0.1, -0.05) is 267 Å². The second-order valence-corrected chi connectivity index (χ2v) is 35.9. The topological polar surface area (TPSA) is 280 Å². The molecule has 0 aliphatic heterocycles. The third kappa shape index (κ3) is 113. The molecule has 4 unspecified atom stereocenters. The summed E-state index contributed by atoms with van der Waals surface area (Å²) in [6.07, 6.45) is 3.75. The molecule has 0 spiro atoms. The Hall–Kier alpha value is -1.36. The molecule has 25 heteroatoms. The lowest BCUT2D eigenvalue weighted by atomic mass is 9.95. The second-order valence-electron chi connectivity index (χ2n) is 35.9. The van der Waals surface area contributed by atoms with Crippen LogP contribution in [0.25, 0.3) is 0 Å². The van der Waals surface area contributed by atoms with Crippen LogP contribution in [0.5, 0.6) is 0 Å². The van der Waals surface area contributed by atoms with E-state index < -0.39 is 77.6 Å². The van der Waals surface area contributed by atoms with Crippen LogP contribution in [0.15, 0.2) is 0 Å². The molecule has 0 aromatic rings. The van der Waals surface area contributed by atoms with Crippen molar-refractivity contribution in [1.82, 2.24) is 0 Å². The van der Waals surface area contributed by atoms with Gasteiger partial charge in [-0.15, -0.1) is 0 Å². The molecule has 0 aromatic heterocycles. The van der Waals surface area contributed by atoms with Gasteiger partial charge in [0, 0.05) is 41.5 Å². The molecule has 13 nitrogen and oxygen atoms in total. The fourth-order valence-corrected chi connectivity index (χ4v) is 6.46. The molecular formula is C91H211F12N3O10. The summed E-state index contributed by atoms with van der Waals surface area (Å²) < 4.78 is 146. The predicted octanol–water partition coefficient (Wildman–Crippen LogP) is 25.7. The SMILES string of the molecule is C.C.C.C.C.C.C.C.CC(C)C(C)(C)O.CC(C)C(C)O.CC(C)C(N)C(C)(F)F.CC(C)C(O)C(C)(F)F.CC(C)C(O)C1CC1.CC(C)[C@@H](C)O.CC(C)[C@@H](N)C(C)(F)F.CC(C)[C@@H](O)C(C)(F)F.CC(C)[C@@H](O)C1CC1.CC(C)[C@H](C)O.CC(C)[C@H](N)C(C)(F)F.CC(C)[C@H](O)C(C)(F)F.CC(C)[C@H](O)C1CC1.CCC(C)C. The molecule has 734 valence electrons. The lowest BCUT2D eigenvalue weighted by molar-refractivity contribution is -0.112. The van der Waals surface area contributed by atoms with Crippen molar-refractivity contribution in [2.45, 2.75) is 496 Å². The van der Waals surface area contributed by atoms with Gasteiger partial charge in [0.15, 0.2) is 0 Å². The smallest absolute Gasteiger partial charge is 0.270 e. The maximum absolute atomic E-state index is 12.2. The molecule has 0 amide bonds. The zero-order chi connectivity index (χ0) is 90.2. The van der Waals surface area contributed by atoms with Gasteiger partial charge in [-0.2, -0.15) is 0 Å². The number of aliphatic hydroxyl groups is 10. The minimum Gasteiger partial charge on any atom is -0.393 e. The molecular weight excluding hydrogens is 1520 g/mol. The van der Waals surface area contributed by atoms with Gasteiger partial charge in [0.05, 0.1) is 60.4 Å². The highest BCUT2D eigenvalue weighted by molar-refractivity contribution is 4.85. The first kappa shape index (κ1) is 162. The average molecular weight is 1740 g/mol. The normalized spacial score (nSPS) is 16.2. The van der Waals surface area contributed by atoms with E-state index >= 15 is 0 Å². The van der Waals surface area contributed by atoms with Crippen molar-refractivity contribution in [2.75, 3.05) is 0 Å². The maximum Gasteiger partial charge on any atom is 0.270 e. The molecule has 0 heterocycles. The van der Waals surface area contributed by atoms with E-state index in [1.54, 1.807) is 104 Å². The van der Waals surface area contributed by atoms with E-state index in [9.17, 15) is 68.0 Å². The predicted molar refractivity (Wildman–Crippen MR) is 485 cm³/mol. The summed E-state index contributed by atoms with van der Waals surface area (Å²) in [6, 6.07) is -3.05. The van der Waals surface area contributed by atoms with Crippen molar-refractivity contribution in [3.63, 3.8) is 0 Å². The molecule has 0 bridgehead atoms. The van der Waals surface area contributed by atoms with Crippen molar-refractivity contribution < 1.29 is 104 Å². The van der Waals surface area contributed by atoms with Crippen molar-refractivity contribution in [2.24, 2.45) is 118 Å². The quantitative estimate of drug-likeness (QED) is 0.0425. The van der Waals surface area contributed by atoms with Crippen molar-refractivity contribution in [3.05, 3.63) is 0 Å². The van der Waals surface area contributed by atoms with Crippen LogP contribution in [0.4, 0.5) is 52.7 Å². The Morgan fingerprint density at radius 1 is 0.250 bits per heavy atom. The minimum atomic E-state index is -2.96. The summed E-state index contributed by atoms with van der Waals surface area (Å²) in [6.45, 7) is 68.2. The van der Waals surface area contributed by atoms with Crippen LogP contribution < -0.4 is 17.2 Å². The average Bonchev–Trinajstić information content (AvgIpc) is 1.41. The first-order chi connectivity index (χ1) is 47.4. The molecule has 3 aliphatic carbocycles. The highest BCUT2D eigenvalue weighted by atomic mass is 19.3. The summed E-state index contributed by atoms with van der Waals surface area (Å²) in [5.74, 6) is -13.0. The summed E-state index contributed by atoms with van der Waals surface area (Å²) in [7, 11) is 0. The third-order valence-corrected chi connectivity index (χ3v) is 17.9. The van der Waals surface area contributed by atoms with Crippen LogP contribution in [0, 0.1) is 101 Å². The molecule has 3 fully saturated rings. The van der Waals surface area contributed by atoms with E-state index in [-0.39, 0.29) is 132 Å². The number of hydrogen-bond donors (Lipinski definition) is 13. The van der Waals surface area contributed by atoms with E-state index in [1.165, 1.54) is 44.9 Å². The number of halogens is 12. The molecule has 116 heavy (non-hydrogen) atoms. The van der Waals surface area contributed by atoms with E-state index in [0.717, 1.165) is 47.5 Å². The van der Waals surface area contributed by atoms with E-state index in [2.05, 4.69) is 62.3 Å². The number of nitrogens with two attached hydrogens (primary N) is 3. The molecule has 3 saturated carbocycles. The van der Waals surface area contributed by atoms with Crippen LogP contribution in [-0.4, -0.2) is 165 Å². The van der Waals surface area contributed by atoms with E-state index in [0.29, 0.717) is 59.2 Å². The van der Waals surface area contributed by atoms with Crippen molar-refractivity contribution in [1.29, 1.82) is 0 Å². The monoisotopic (exact) mass is 1730 g/mol. The van der Waals surface area contributed by atoms with Gasteiger partial charge >= 0.3 is 0 Å². The first-order valence-electron chi connectivity index (χ1n) is 39.8. The Morgan fingerprint density at radius 2 is 0.362 bits per heavy atom. The molecule has 12 atom stereocenters. The third-order valence-electron chi connectivity index (χ3n) is 17.9. The number of alkyl halides is 12. The Kier molecular flexibility index (Phi) is 111. The van der Waals surface area contributed by atoms with Gasteiger partial charge in [-0.25, -0.2) is 52.7 Å². The first-order valence-corrected chi connectivity index (χ1v) is 39.8. The van der Waals surface area contributed by atoms with Crippen LogP contribution >= 0.6 is 0 Å². The van der Waals surface area contributed by atoms with Crippen molar-refractivity contribution >= 4 is 0 Å². The zero-order valence-corrected chi connectivity index (χ0v) is 75.9. The number of rotatable bonds is 23. The van der Waals surface area contributed by atoms with Gasteiger partial charge in [-0.05, 0) is 174 Å². The van der Waals surface area contributed by atoms with Crippen LogP contribution in [-0.2, 0) is 0 Å². The fourth-order valence-electron chi connectivity index (χ4n) is 6.46. The number of hydrogen-bond acceptors (Lipinski definition) is 13. The second kappa shape index (κ2) is 79.5. The molecule has 16 N–H and O–H groups in total. The summed E-state index contributed by atoms with van der Waals surface area (Å²) in [5.41, 5.74) is 14.9. The molecule has 3 aliphatic rings. The van der Waals surface area contributed by atoms with Crippen LogP contribution in [0.3, 0.4) is 0 Å². The van der Waals surface area contributed by atoms with Gasteiger partial charge in [0.1, 0.15) is 18.3 Å². The summed E-state index contributed by atoms with van der Waals surface area (Å²) >= 11 is 0. The fraction of sp³-hybridized carbons (Fsp3) is 1.00. The Bertz CT molecular complexity index is 1650. The summed E-state index contributed by atoms with van der Waals surface area (Å²) in [5, 5.41) is 88.9. The van der Waals surface area contributed by atoms with Crippen LogP contribution in [0.1, 0.15) is 381 Å². The van der Waals surface area contributed by atoms with E-state index in [4.69, 9.17) is 52.9 Å². The van der Waals surface area contributed by atoms with Gasteiger partial charge < -0.3 is 68.3 Å². The molecule has 3 rings (SSSR count). The highest BCUT2D eigenvalue weighted by Gasteiger charge is 2.38. The van der Waals surface area contributed by atoms with Gasteiger partial charge in [0.2, 0.25) is 0 Å². The molecule has 0 saturated heterocycles. The number of aliphatic hydroxyl groups excluding tert-OH is 9. The zero-order valence-electron chi connectivity index (χ0n) is 75.9. The lowest BCUT2D eigenvalue weighted by Gasteiger charge is -2.22. The Labute approximate surface area is 714 Å². The van der Waals surface area contributed by atoms with Gasteiger partial charge in [-0.3, -0.25) is 0 Å².